The molecule has 1 spiro atoms. The van der Waals surface area contributed by atoms with Gasteiger partial charge in [-0.1, -0.05) is 12.6 Å². The molecule has 12 nitrogen and oxygen atoms in total. The molecule has 1 saturated heterocycles. The number of quaternary nitrogens is 1. The number of nitrogens with zero attached hydrogens (tertiary/aromatic N) is 2. The molecular formula is C32H44N5O7+. The second-order valence-electron chi connectivity index (χ2n) is 13.8. The zero-order valence-corrected chi connectivity index (χ0v) is 25.8. The highest BCUT2D eigenvalue weighted by Gasteiger charge is 2.75. The molecule has 12 heteroatoms. The Hall–Kier alpha value is -3.64. The van der Waals surface area contributed by atoms with Crippen LogP contribution in [-0.2, 0) is 26.2 Å². The Labute approximate surface area is 257 Å². The van der Waals surface area contributed by atoms with Gasteiger partial charge in [0.1, 0.15) is 23.8 Å². The summed E-state index contributed by atoms with van der Waals surface area (Å²) in [4.78, 5) is 49.7. The summed E-state index contributed by atoms with van der Waals surface area (Å²) < 4.78 is 13.4. The van der Waals surface area contributed by atoms with E-state index in [0.717, 1.165) is 53.0 Å². The molecule has 2 heterocycles. The maximum absolute atomic E-state index is 13.2. The predicted molar refractivity (Wildman–Crippen MR) is 160 cm³/mol. The number of benzene rings is 1. The van der Waals surface area contributed by atoms with Gasteiger partial charge in [-0.15, -0.1) is 0 Å². The van der Waals surface area contributed by atoms with Crippen molar-refractivity contribution in [2.75, 3.05) is 40.3 Å². The smallest absolute Gasteiger partial charge is 0.415 e. The van der Waals surface area contributed by atoms with Crippen LogP contribution in [0.15, 0.2) is 24.3 Å². The summed E-state index contributed by atoms with van der Waals surface area (Å²) in [6, 6.07) is 2.77. The molecule has 1 aromatic rings. The van der Waals surface area contributed by atoms with E-state index in [1.165, 1.54) is 24.7 Å². The number of rotatable bonds is 10. The molecule has 2 bridgehead atoms. The Morgan fingerprint density at radius 1 is 1.27 bits per heavy atom. The van der Waals surface area contributed by atoms with Crippen molar-refractivity contribution in [3.63, 3.8) is 0 Å². The lowest BCUT2D eigenvalue weighted by Crippen LogP contribution is -2.80. The van der Waals surface area contributed by atoms with E-state index < -0.39 is 40.9 Å². The number of ether oxygens (including phenoxy) is 2. The number of hydrogen-bond acceptors (Lipinski definition) is 7. The zero-order valence-electron chi connectivity index (χ0n) is 25.8. The molecule has 1 aromatic carbocycles. The SMILES string of the molecule is C=C1CC[C@@]2(O)[C@H]3Cc4ccc(OC(=O)N(C)CCNC(=O)[C@H](CC(N)=O)NC(C)=O)c5c4[C@@]2(CC[N+]3(C)CC2CC2)[C@H]1O5. The molecule has 238 valence electrons. The number of primary amides is 1. The van der Waals surface area contributed by atoms with E-state index in [9.17, 15) is 24.3 Å². The van der Waals surface area contributed by atoms with Gasteiger partial charge in [-0.2, -0.15) is 0 Å². The van der Waals surface area contributed by atoms with E-state index in [1.807, 2.05) is 6.07 Å². The van der Waals surface area contributed by atoms with Gasteiger partial charge in [0.2, 0.25) is 17.7 Å². The molecule has 6 rings (SSSR count). The summed E-state index contributed by atoms with van der Waals surface area (Å²) in [5, 5.41) is 17.7. The minimum atomic E-state index is -1.10. The van der Waals surface area contributed by atoms with Crippen LogP contribution in [0.2, 0.25) is 0 Å². The largest absolute Gasteiger partial charge is 0.481 e. The van der Waals surface area contributed by atoms with Gasteiger partial charge in [0.25, 0.3) is 0 Å². The Kier molecular flexibility index (Phi) is 7.43. The molecule has 3 aliphatic carbocycles. The van der Waals surface area contributed by atoms with Crippen LogP contribution in [0, 0.1) is 5.92 Å². The average molecular weight is 611 g/mol. The van der Waals surface area contributed by atoms with Crippen molar-refractivity contribution >= 4 is 23.8 Å². The minimum absolute atomic E-state index is 0.0597. The molecule has 44 heavy (non-hydrogen) atoms. The van der Waals surface area contributed by atoms with Crippen LogP contribution < -0.4 is 25.8 Å². The lowest BCUT2D eigenvalue weighted by Gasteiger charge is -2.65. The molecular weight excluding hydrogens is 566 g/mol. The molecule has 0 aromatic heterocycles. The fourth-order valence-corrected chi connectivity index (χ4v) is 8.53. The fraction of sp³-hybridized carbons (Fsp3) is 0.625. The number of carbonyl (C=O) groups excluding carboxylic acids is 4. The number of aliphatic hydroxyl groups is 1. The van der Waals surface area contributed by atoms with Crippen LogP contribution in [0.3, 0.4) is 0 Å². The Morgan fingerprint density at radius 3 is 2.70 bits per heavy atom. The highest BCUT2D eigenvalue weighted by molar-refractivity contribution is 5.91. The summed E-state index contributed by atoms with van der Waals surface area (Å²) in [6.45, 7) is 7.83. The summed E-state index contributed by atoms with van der Waals surface area (Å²) in [5.41, 5.74) is 6.72. The van der Waals surface area contributed by atoms with Crippen LogP contribution in [0.4, 0.5) is 4.79 Å². The summed E-state index contributed by atoms with van der Waals surface area (Å²) in [5.74, 6) is -0.213. The normalized spacial score (nSPS) is 31.7. The quantitative estimate of drug-likeness (QED) is 0.226. The van der Waals surface area contributed by atoms with Gasteiger partial charge in [-0.25, -0.2) is 4.79 Å². The Bertz CT molecular complexity index is 1410. The van der Waals surface area contributed by atoms with E-state index in [4.69, 9.17) is 15.2 Å². The molecule has 4 amide bonds. The van der Waals surface area contributed by atoms with E-state index in [2.05, 4.69) is 24.3 Å². The third-order valence-corrected chi connectivity index (χ3v) is 10.8. The van der Waals surface area contributed by atoms with Gasteiger partial charge in [0.15, 0.2) is 11.5 Å². The summed E-state index contributed by atoms with van der Waals surface area (Å²) in [6.07, 6.45) is 4.06. The molecule has 1 unspecified atom stereocenters. The summed E-state index contributed by atoms with van der Waals surface area (Å²) >= 11 is 0. The van der Waals surface area contributed by atoms with Gasteiger partial charge >= 0.3 is 6.09 Å². The van der Waals surface area contributed by atoms with Crippen LogP contribution in [0.25, 0.3) is 0 Å². The molecule has 0 radical (unpaired) electrons. The van der Waals surface area contributed by atoms with Crippen LogP contribution in [0.1, 0.15) is 56.6 Å². The second-order valence-corrected chi connectivity index (χ2v) is 13.8. The van der Waals surface area contributed by atoms with E-state index in [0.29, 0.717) is 24.3 Å². The van der Waals surface area contributed by atoms with Crippen LogP contribution in [-0.4, -0.2) is 102 Å². The highest BCUT2D eigenvalue weighted by atomic mass is 16.6. The van der Waals surface area contributed by atoms with Crippen LogP contribution >= 0.6 is 0 Å². The van der Waals surface area contributed by atoms with Crippen molar-refractivity contribution < 1.29 is 38.2 Å². The van der Waals surface area contributed by atoms with Gasteiger partial charge < -0.3 is 40.3 Å². The fourth-order valence-electron chi connectivity index (χ4n) is 8.53. The van der Waals surface area contributed by atoms with Crippen molar-refractivity contribution in [3.8, 4) is 11.5 Å². The first-order valence-corrected chi connectivity index (χ1v) is 15.6. The standard InChI is InChI=1S/C32H43N5O7/c1-18-9-10-32(42)24-15-21-7-8-23(27-26(21)31(32,28(18)44-27)11-14-37(24,4)17-20-5-6-20)43-30(41)36(3)13-12-34-29(40)22(16-25(33)39)35-19(2)38/h7-8,20,22,24,28,42H,1,5-6,9-17H2,2-4H3,(H3-,33,34,35,38,39,40)/p+1/t22-,24+,28-,31-,32+,37?/m0/s1. The van der Waals surface area contributed by atoms with Crippen molar-refractivity contribution in [1.29, 1.82) is 0 Å². The lowest BCUT2D eigenvalue weighted by atomic mass is 9.48. The van der Waals surface area contributed by atoms with Gasteiger partial charge in [-0.05, 0) is 42.9 Å². The Morgan fingerprint density at radius 2 is 2.02 bits per heavy atom. The minimum Gasteiger partial charge on any atom is -0.481 e. The number of piperidine rings is 1. The predicted octanol–water partition coefficient (Wildman–Crippen LogP) is 0.878. The second kappa shape index (κ2) is 10.8. The average Bonchev–Trinajstić information content (AvgIpc) is 3.68. The number of carbonyl (C=O) groups is 4. The number of nitrogens with two attached hydrogens (primary N) is 1. The van der Waals surface area contributed by atoms with E-state index in [-0.39, 0.29) is 31.7 Å². The number of likely N-dealkylation sites (tertiary alicyclic amines) is 1. The first kappa shape index (κ1) is 30.4. The lowest BCUT2D eigenvalue weighted by molar-refractivity contribution is -0.950. The highest BCUT2D eigenvalue weighted by Crippen LogP contribution is 2.67. The molecule has 2 aliphatic heterocycles. The molecule has 2 saturated carbocycles. The number of likely N-dealkylation sites (N-methyl/N-ethyl adjacent to an activating group) is 2. The van der Waals surface area contributed by atoms with E-state index >= 15 is 0 Å². The van der Waals surface area contributed by atoms with Crippen molar-refractivity contribution in [2.45, 2.75) is 81.1 Å². The summed E-state index contributed by atoms with van der Waals surface area (Å²) in [7, 11) is 3.87. The Balaban J connectivity index is 1.19. The molecule has 5 aliphatic rings. The molecule has 6 atom stereocenters. The maximum Gasteiger partial charge on any atom is 0.415 e. The third-order valence-electron chi connectivity index (χ3n) is 10.8. The third kappa shape index (κ3) is 4.82. The van der Waals surface area contributed by atoms with Gasteiger partial charge in [0.05, 0.1) is 32.0 Å². The van der Waals surface area contributed by atoms with Crippen molar-refractivity contribution in [1.82, 2.24) is 15.5 Å². The van der Waals surface area contributed by atoms with Crippen molar-refractivity contribution in [3.05, 3.63) is 35.4 Å². The monoisotopic (exact) mass is 610 g/mol. The van der Waals surface area contributed by atoms with Gasteiger partial charge in [0, 0.05) is 51.4 Å². The van der Waals surface area contributed by atoms with E-state index in [1.54, 1.807) is 13.1 Å². The first-order valence-electron chi connectivity index (χ1n) is 15.6. The maximum atomic E-state index is 13.2. The number of hydrogen-bond donors (Lipinski definition) is 4. The van der Waals surface area contributed by atoms with Gasteiger partial charge in [-0.3, -0.25) is 14.4 Å². The molecule has 5 N–H and O–H groups in total. The molecule has 3 fully saturated rings. The zero-order chi connectivity index (χ0) is 31.6. The van der Waals surface area contributed by atoms with Crippen LogP contribution in [0.5, 0.6) is 11.5 Å². The number of nitrogens with one attached hydrogen (secondary N) is 2. The first-order chi connectivity index (χ1) is 20.8. The topological polar surface area (TPSA) is 160 Å². The number of amides is 4. The van der Waals surface area contributed by atoms with Crippen molar-refractivity contribution in [2.24, 2.45) is 11.7 Å².